The summed E-state index contributed by atoms with van der Waals surface area (Å²) in [6, 6.07) is 3.76. The molecule has 2 saturated heterocycles. The summed E-state index contributed by atoms with van der Waals surface area (Å²) in [4.78, 5) is 6.33. The predicted molar refractivity (Wildman–Crippen MR) is 105 cm³/mol. The summed E-state index contributed by atoms with van der Waals surface area (Å²) in [5, 5.41) is 4.69. The van der Waals surface area contributed by atoms with Gasteiger partial charge in [-0.2, -0.15) is 5.10 Å². The van der Waals surface area contributed by atoms with E-state index in [1.54, 1.807) is 0 Å². The number of ether oxygens (including phenoxy) is 2. The number of pyridine rings is 1. The van der Waals surface area contributed by atoms with E-state index in [1.807, 2.05) is 24.6 Å². The molecule has 0 spiro atoms. The zero-order valence-electron chi connectivity index (χ0n) is 17.2. The second-order valence-corrected chi connectivity index (χ2v) is 8.38. The molecule has 164 valence electrons. The van der Waals surface area contributed by atoms with E-state index in [9.17, 15) is 13.2 Å². The third kappa shape index (κ3) is 4.11. The Morgan fingerprint density at radius 2 is 1.97 bits per heavy atom. The molecule has 4 rings (SSSR count). The number of likely N-dealkylation sites (tertiary alicyclic amines) is 1. The number of aromatic nitrogens is 3. The van der Waals surface area contributed by atoms with Gasteiger partial charge in [0, 0.05) is 42.5 Å². The van der Waals surface area contributed by atoms with E-state index in [0.717, 1.165) is 32.0 Å². The van der Waals surface area contributed by atoms with E-state index < -0.39 is 12.1 Å². The lowest BCUT2D eigenvalue weighted by Gasteiger charge is -2.34. The molecule has 2 N–H and O–H groups in total. The van der Waals surface area contributed by atoms with Gasteiger partial charge >= 0.3 is 6.36 Å². The van der Waals surface area contributed by atoms with Gasteiger partial charge in [0.1, 0.15) is 0 Å². The van der Waals surface area contributed by atoms with E-state index >= 15 is 0 Å². The lowest BCUT2D eigenvalue weighted by atomic mass is 9.94. The molecular weight excluding hydrogens is 399 g/mol. The molecule has 0 radical (unpaired) electrons. The first kappa shape index (κ1) is 20.9. The van der Waals surface area contributed by atoms with Crippen LogP contribution in [0.4, 0.5) is 19.0 Å². The Morgan fingerprint density at radius 1 is 1.23 bits per heavy atom. The molecule has 0 saturated carbocycles. The lowest BCUT2D eigenvalue weighted by Crippen LogP contribution is -2.48. The second-order valence-electron chi connectivity index (χ2n) is 8.38. The van der Waals surface area contributed by atoms with Crippen molar-refractivity contribution in [3.05, 3.63) is 24.0 Å². The Kier molecular flexibility index (Phi) is 5.39. The van der Waals surface area contributed by atoms with Crippen LogP contribution in [0.1, 0.15) is 38.4 Å². The fourth-order valence-electron chi connectivity index (χ4n) is 4.16. The van der Waals surface area contributed by atoms with Crippen molar-refractivity contribution in [3.8, 4) is 17.0 Å². The van der Waals surface area contributed by atoms with Gasteiger partial charge in [0.05, 0.1) is 24.9 Å². The molecule has 2 atom stereocenters. The molecule has 0 aromatic carbocycles. The Bertz CT molecular complexity index is 910. The molecule has 10 heteroatoms. The minimum atomic E-state index is -4.84. The van der Waals surface area contributed by atoms with Crippen molar-refractivity contribution >= 4 is 5.82 Å². The van der Waals surface area contributed by atoms with Crippen LogP contribution < -0.4 is 10.5 Å². The molecule has 2 aliphatic rings. The van der Waals surface area contributed by atoms with Gasteiger partial charge < -0.3 is 15.2 Å². The highest BCUT2D eigenvalue weighted by molar-refractivity contribution is 5.64. The van der Waals surface area contributed by atoms with Gasteiger partial charge in [0.15, 0.2) is 11.6 Å². The summed E-state index contributed by atoms with van der Waals surface area (Å²) >= 11 is 0. The first-order valence-corrected chi connectivity index (χ1v) is 10.0. The van der Waals surface area contributed by atoms with Crippen LogP contribution in [0.15, 0.2) is 18.3 Å². The average molecular weight is 425 g/mol. The molecule has 2 aromatic rings. The maximum Gasteiger partial charge on any atom is 0.573 e. The quantitative estimate of drug-likeness (QED) is 0.791. The van der Waals surface area contributed by atoms with Crippen LogP contribution >= 0.6 is 0 Å². The lowest BCUT2D eigenvalue weighted by molar-refractivity contribution is -0.274. The summed E-state index contributed by atoms with van der Waals surface area (Å²) in [5.74, 6) is -0.128. The maximum absolute atomic E-state index is 12.7. The van der Waals surface area contributed by atoms with Crippen LogP contribution in [-0.4, -0.2) is 58.4 Å². The largest absolute Gasteiger partial charge is 0.573 e. The zero-order valence-corrected chi connectivity index (χ0v) is 17.2. The third-order valence-corrected chi connectivity index (χ3v) is 5.81. The van der Waals surface area contributed by atoms with E-state index in [1.165, 1.54) is 12.3 Å². The van der Waals surface area contributed by atoms with Gasteiger partial charge in [-0.05, 0) is 31.9 Å². The predicted octanol–water partition coefficient (Wildman–Crippen LogP) is 3.44. The highest BCUT2D eigenvalue weighted by Crippen LogP contribution is 2.38. The molecule has 2 fully saturated rings. The van der Waals surface area contributed by atoms with Gasteiger partial charge in [-0.1, -0.05) is 6.92 Å². The first-order chi connectivity index (χ1) is 14.1. The van der Waals surface area contributed by atoms with Crippen molar-refractivity contribution in [2.45, 2.75) is 45.1 Å². The molecule has 4 heterocycles. The van der Waals surface area contributed by atoms with Crippen LogP contribution in [-0.2, 0) is 4.74 Å². The van der Waals surface area contributed by atoms with Crippen molar-refractivity contribution in [3.63, 3.8) is 0 Å². The minimum Gasteiger partial charge on any atom is -0.402 e. The van der Waals surface area contributed by atoms with Crippen molar-refractivity contribution in [1.29, 1.82) is 0 Å². The molecule has 0 aliphatic carbocycles. The molecule has 2 aliphatic heterocycles. The number of halogens is 3. The summed E-state index contributed by atoms with van der Waals surface area (Å²) in [7, 11) is 0. The Labute approximate surface area is 173 Å². The number of nitrogens with zero attached hydrogens (tertiary/aromatic N) is 4. The molecule has 0 amide bonds. The average Bonchev–Trinajstić information content (AvgIpc) is 3.18. The van der Waals surface area contributed by atoms with E-state index in [2.05, 4.69) is 26.6 Å². The molecular formula is C20H26F3N5O2. The number of nitrogens with two attached hydrogens (primary N) is 1. The van der Waals surface area contributed by atoms with Gasteiger partial charge in [-0.15, -0.1) is 13.2 Å². The molecule has 30 heavy (non-hydrogen) atoms. The van der Waals surface area contributed by atoms with Crippen molar-refractivity contribution < 1.29 is 22.6 Å². The monoisotopic (exact) mass is 425 g/mol. The van der Waals surface area contributed by atoms with Crippen LogP contribution in [0, 0.1) is 5.92 Å². The van der Waals surface area contributed by atoms with Crippen molar-refractivity contribution in [2.24, 2.45) is 5.92 Å². The minimum absolute atomic E-state index is 0.106. The summed E-state index contributed by atoms with van der Waals surface area (Å²) in [5.41, 5.74) is 7.62. The normalized spacial score (nSPS) is 23.2. The fourth-order valence-corrected chi connectivity index (χ4v) is 4.16. The number of nitrogen functional groups attached to an aromatic ring is 1. The Balaban J connectivity index is 1.65. The topological polar surface area (TPSA) is 78.4 Å². The summed E-state index contributed by atoms with van der Waals surface area (Å²) in [6.07, 6.45) is -3.42. The van der Waals surface area contributed by atoms with Gasteiger partial charge in [-0.3, -0.25) is 9.58 Å². The van der Waals surface area contributed by atoms with Crippen LogP contribution in [0.5, 0.6) is 5.75 Å². The first-order valence-electron chi connectivity index (χ1n) is 10.0. The smallest absolute Gasteiger partial charge is 0.402 e. The number of anilines is 1. The van der Waals surface area contributed by atoms with E-state index in [-0.39, 0.29) is 17.8 Å². The van der Waals surface area contributed by atoms with E-state index in [0.29, 0.717) is 23.2 Å². The summed E-state index contributed by atoms with van der Waals surface area (Å²) < 4.78 is 49.3. The molecule has 2 unspecified atom stereocenters. The standard InChI is InChI=1S/C20H26F3N5O2/c1-11(2)28-17(15-8-27(7-12(15)3)14-9-29-10-14)5-16(26-28)13-4-18(19(24)25-6-13)30-20(21,22)23/h4-6,11-12,14-15H,7-10H2,1-3H3,(H2,24,25). The number of hydrogen-bond donors (Lipinski definition) is 1. The molecule has 2 aromatic heterocycles. The van der Waals surface area contributed by atoms with Crippen LogP contribution in [0.3, 0.4) is 0 Å². The number of hydrogen-bond acceptors (Lipinski definition) is 6. The van der Waals surface area contributed by atoms with Crippen LogP contribution in [0.2, 0.25) is 0 Å². The maximum atomic E-state index is 12.7. The molecule has 7 nitrogen and oxygen atoms in total. The highest BCUT2D eigenvalue weighted by atomic mass is 19.4. The highest BCUT2D eigenvalue weighted by Gasteiger charge is 2.39. The SMILES string of the molecule is CC1CN(C2COC2)CC1c1cc(-c2cnc(N)c(OC(F)(F)F)c2)nn1C(C)C. The van der Waals surface area contributed by atoms with E-state index in [4.69, 9.17) is 10.5 Å². The van der Waals surface area contributed by atoms with Crippen LogP contribution in [0.25, 0.3) is 11.3 Å². The van der Waals surface area contributed by atoms with Crippen molar-refractivity contribution in [1.82, 2.24) is 19.7 Å². The van der Waals surface area contributed by atoms with Crippen molar-refractivity contribution in [2.75, 3.05) is 32.0 Å². The Hall–Kier alpha value is -2.33. The number of alkyl halides is 3. The molecule has 0 bridgehead atoms. The van der Waals surface area contributed by atoms with Gasteiger partial charge in [0.2, 0.25) is 0 Å². The Morgan fingerprint density at radius 3 is 2.57 bits per heavy atom. The number of rotatable bonds is 5. The summed E-state index contributed by atoms with van der Waals surface area (Å²) in [6.45, 7) is 9.75. The zero-order chi connectivity index (χ0) is 21.6. The van der Waals surface area contributed by atoms with Gasteiger partial charge in [-0.25, -0.2) is 4.98 Å². The fraction of sp³-hybridized carbons (Fsp3) is 0.600. The second kappa shape index (κ2) is 7.73. The van der Waals surface area contributed by atoms with Gasteiger partial charge in [0.25, 0.3) is 0 Å². The third-order valence-electron chi connectivity index (χ3n) is 5.81.